The normalized spacial score (nSPS) is 12.9. The SMILES string of the molecule is CCC(C)C(NC(=O)OC(C)(C)C)C(=O)Nc1cc(N(C)c2cc(=O)oc3ccccc23)ccc1OC. The Balaban J connectivity index is 1.93. The second kappa shape index (κ2) is 11.4. The van der Waals surface area contributed by atoms with Crippen molar-refractivity contribution < 1.29 is 23.5 Å². The van der Waals surface area contributed by atoms with E-state index in [0.29, 0.717) is 34.8 Å². The van der Waals surface area contributed by atoms with E-state index in [1.54, 1.807) is 45.0 Å². The van der Waals surface area contributed by atoms with Crippen LogP contribution in [0.15, 0.2) is 57.7 Å². The summed E-state index contributed by atoms with van der Waals surface area (Å²) in [4.78, 5) is 39.8. The zero-order valence-corrected chi connectivity index (χ0v) is 22.4. The summed E-state index contributed by atoms with van der Waals surface area (Å²) in [7, 11) is 3.33. The van der Waals surface area contributed by atoms with Gasteiger partial charge in [0.1, 0.15) is 23.0 Å². The average Bonchev–Trinajstić information content (AvgIpc) is 2.84. The number of benzene rings is 2. The van der Waals surface area contributed by atoms with Crippen molar-refractivity contribution >= 4 is 40.0 Å². The predicted molar refractivity (Wildman–Crippen MR) is 145 cm³/mol. The highest BCUT2D eigenvalue weighted by Crippen LogP contribution is 2.35. The molecule has 0 bridgehead atoms. The molecule has 3 aromatic rings. The average molecular weight is 510 g/mol. The minimum Gasteiger partial charge on any atom is -0.495 e. The molecule has 0 saturated carbocycles. The molecule has 2 unspecified atom stereocenters. The summed E-state index contributed by atoms with van der Waals surface area (Å²) in [5.41, 5.74) is 1.09. The molecule has 0 spiro atoms. The molecule has 0 aliphatic carbocycles. The fraction of sp³-hybridized carbons (Fsp3) is 0.393. The van der Waals surface area contributed by atoms with Gasteiger partial charge in [0.15, 0.2) is 0 Å². The van der Waals surface area contributed by atoms with Gasteiger partial charge in [0.2, 0.25) is 5.91 Å². The molecule has 1 heterocycles. The van der Waals surface area contributed by atoms with Crippen LogP contribution in [0.3, 0.4) is 0 Å². The molecular formula is C28H35N3O6. The second-order valence-corrected chi connectivity index (χ2v) is 9.89. The van der Waals surface area contributed by atoms with E-state index >= 15 is 0 Å². The summed E-state index contributed by atoms with van der Waals surface area (Å²) in [6.07, 6.45) is 0.000430. The first-order valence-electron chi connectivity index (χ1n) is 12.2. The third-order valence-corrected chi connectivity index (χ3v) is 5.99. The van der Waals surface area contributed by atoms with Gasteiger partial charge in [-0.1, -0.05) is 32.4 Å². The van der Waals surface area contributed by atoms with Gasteiger partial charge in [-0.15, -0.1) is 0 Å². The van der Waals surface area contributed by atoms with Crippen LogP contribution in [0.4, 0.5) is 21.9 Å². The Kier molecular flexibility index (Phi) is 8.47. The van der Waals surface area contributed by atoms with Crippen molar-refractivity contribution in [3.05, 3.63) is 59.0 Å². The molecule has 0 radical (unpaired) electrons. The molecule has 2 N–H and O–H groups in total. The van der Waals surface area contributed by atoms with Crippen molar-refractivity contribution in [2.45, 2.75) is 52.7 Å². The Morgan fingerprint density at radius 3 is 2.46 bits per heavy atom. The van der Waals surface area contributed by atoms with Gasteiger partial charge in [0, 0.05) is 24.2 Å². The molecule has 3 rings (SSSR count). The molecule has 198 valence electrons. The number of carbonyl (C=O) groups is 2. The van der Waals surface area contributed by atoms with Crippen LogP contribution < -0.4 is 25.9 Å². The lowest BCUT2D eigenvalue weighted by Gasteiger charge is -2.27. The van der Waals surface area contributed by atoms with Gasteiger partial charge < -0.3 is 29.4 Å². The monoisotopic (exact) mass is 509 g/mol. The lowest BCUT2D eigenvalue weighted by Crippen LogP contribution is -2.49. The fourth-order valence-electron chi connectivity index (χ4n) is 3.86. The molecule has 0 fully saturated rings. The molecule has 1 aromatic heterocycles. The van der Waals surface area contributed by atoms with Crippen molar-refractivity contribution in [3.63, 3.8) is 0 Å². The number of hydrogen-bond donors (Lipinski definition) is 2. The quantitative estimate of drug-likeness (QED) is 0.389. The van der Waals surface area contributed by atoms with E-state index in [2.05, 4.69) is 10.6 Å². The Labute approximate surface area is 216 Å². The topological polar surface area (TPSA) is 110 Å². The largest absolute Gasteiger partial charge is 0.495 e. The number of hydrogen-bond acceptors (Lipinski definition) is 7. The maximum atomic E-state index is 13.3. The maximum Gasteiger partial charge on any atom is 0.408 e. The molecule has 2 aromatic carbocycles. The summed E-state index contributed by atoms with van der Waals surface area (Å²) >= 11 is 0. The smallest absolute Gasteiger partial charge is 0.408 e. The zero-order chi connectivity index (χ0) is 27.3. The highest BCUT2D eigenvalue weighted by Gasteiger charge is 2.29. The number of alkyl carbamates (subject to hydrolysis) is 1. The van der Waals surface area contributed by atoms with Crippen LogP contribution in [-0.2, 0) is 9.53 Å². The number of carbonyl (C=O) groups excluding carboxylic acids is 2. The predicted octanol–water partition coefficient (Wildman–Crippen LogP) is 5.45. The number of methoxy groups -OCH3 is 1. The first kappa shape index (κ1) is 27.6. The van der Waals surface area contributed by atoms with Crippen molar-refractivity contribution in [2.75, 3.05) is 24.4 Å². The zero-order valence-electron chi connectivity index (χ0n) is 22.4. The number of para-hydroxylation sites is 1. The van der Waals surface area contributed by atoms with Crippen LogP contribution in [-0.4, -0.2) is 37.8 Å². The van der Waals surface area contributed by atoms with E-state index in [1.807, 2.05) is 44.0 Å². The fourth-order valence-corrected chi connectivity index (χ4v) is 3.86. The number of amides is 2. The molecular weight excluding hydrogens is 474 g/mol. The standard InChI is InChI=1S/C28H35N3O6/c1-8-17(2)25(30-27(34)37-28(3,4)5)26(33)29-20-15-18(13-14-23(20)35-7)31(6)21-16-24(32)36-22-12-10-9-11-19(21)22/h9-17,25H,8H2,1-7H3,(H,29,33)(H,30,34). The van der Waals surface area contributed by atoms with E-state index in [1.165, 1.54) is 13.2 Å². The van der Waals surface area contributed by atoms with Crippen LogP contribution in [0.25, 0.3) is 11.0 Å². The summed E-state index contributed by atoms with van der Waals surface area (Å²) in [5, 5.41) is 6.37. The number of nitrogens with one attached hydrogen (secondary N) is 2. The first-order valence-corrected chi connectivity index (χ1v) is 12.2. The van der Waals surface area contributed by atoms with Gasteiger partial charge in [-0.25, -0.2) is 9.59 Å². The van der Waals surface area contributed by atoms with Gasteiger partial charge in [0.25, 0.3) is 0 Å². The summed E-state index contributed by atoms with van der Waals surface area (Å²) in [6.45, 7) is 9.11. The minimum atomic E-state index is -0.825. The van der Waals surface area contributed by atoms with E-state index in [0.717, 1.165) is 5.39 Å². The number of anilines is 3. The molecule has 2 amide bonds. The molecule has 9 heteroatoms. The molecule has 37 heavy (non-hydrogen) atoms. The van der Waals surface area contributed by atoms with Gasteiger partial charge in [-0.05, 0) is 57.0 Å². The maximum absolute atomic E-state index is 13.3. The van der Waals surface area contributed by atoms with Crippen molar-refractivity contribution in [1.29, 1.82) is 0 Å². The molecule has 0 saturated heterocycles. The summed E-state index contributed by atoms with van der Waals surface area (Å²) in [6, 6.07) is 13.2. The van der Waals surface area contributed by atoms with Gasteiger partial charge in [-0.2, -0.15) is 0 Å². The molecule has 9 nitrogen and oxygen atoms in total. The van der Waals surface area contributed by atoms with Crippen LogP contribution in [0.2, 0.25) is 0 Å². The second-order valence-electron chi connectivity index (χ2n) is 9.89. The summed E-state index contributed by atoms with van der Waals surface area (Å²) < 4.78 is 16.2. The number of ether oxygens (including phenoxy) is 2. The van der Waals surface area contributed by atoms with Gasteiger partial charge in [-0.3, -0.25) is 4.79 Å². The highest BCUT2D eigenvalue weighted by molar-refractivity contribution is 5.99. The number of nitrogens with zero attached hydrogens (tertiary/aromatic N) is 1. The van der Waals surface area contributed by atoms with Crippen LogP contribution in [0.5, 0.6) is 5.75 Å². The number of rotatable bonds is 8. The van der Waals surface area contributed by atoms with E-state index < -0.39 is 29.3 Å². The lowest BCUT2D eigenvalue weighted by atomic mass is 9.98. The Morgan fingerprint density at radius 1 is 1.11 bits per heavy atom. The van der Waals surface area contributed by atoms with Crippen molar-refractivity contribution in [3.8, 4) is 5.75 Å². The van der Waals surface area contributed by atoms with Gasteiger partial charge >= 0.3 is 11.7 Å². The Hall–Kier alpha value is -4.01. The third-order valence-electron chi connectivity index (χ3n) is 5.99. The van der Waals surface area contributed by atoms with Crippen molar-refractivity contribution in [2.24, 2.45) is 5.92 Å². The molecule has 0 aliphatic heterocycles. The summed E-state index contributed by atoms with van der Waals surface area (Å²) in [5.74, 6) is -0.105. The molecule has 0 aliphatic rings. The molecule has 2 atom stereocenters. The third kappa shape index (κ3) is 6.81. The first-order chi connectivity index (χ1) is 17.4. The minimum absolute atomic E-state index is 0.153. The van der Waals surface area contributed by atoms with E-state index in [9.17, 15) is 14.4 Å². The number of fused-ring (bicyclic) bond motifs is 1. The Morgan fingerprint density at radius 2 is 1.81 bits per heavy atom. The van der Waals surface area contributed by atoms with Crippen LogP contribution in [0.1, 0.15) is 41.0 Å². The van der Waals surface area contributed by atoms with Crippen molar-refractivity contribution in [1.82, 2.24) is 5.32 Å². The van der Waals surface area contributed by atoms with E-state index in [4.69, 9.17) is 13.9 Å². The Bertz CT molecular complexity index is 1330. The van der Waals surface area contributed by atoms with Gasteiger partial charge in [0.05, 0.1) is 18.5 Å². The van der Waals surface area contributed by atoms with E-state index in [-0.39, 0.29) is 5.92 Å². The van der Waals surface area contributed by atoms with Crippen LogP contribution in [0, 0.1) is 5.92 Å². The highest BCUT2D eigenvalue weighted by atomic mass is 16.6. The van der Waals surface area contributed by atoms with Crippen LogP contribution >= 0.6 is 0 Å². The lowest BCUT2D eigenvalue weighted by molar-refractivity contribution is -0.119.